The first kappa shape index (κ1) is 10.9. The SMILES string of the molecule is COC(=O)C[C@H](C)CCC(=O)O. The average Bonchev–Trinajstić information content (AvgIpc) is 2.00. The van der Waals surface area contributed by atoms with Gasteiger partial charge >= 0.3 is 11.9 Å². The van der Waals surface area contributed by atoms with Crippen molar-refractivity contribution in [2.75, 3.05) is 7.11 Å². The fourth-order valence-electron chi connectivity index (χ4n) is 0.840. The number of hydrogen-bond donors (Lipinski definition) is 1. The van der Waals surface area contributed by atoms with Gasteiger partial charge in [-0.2, -0.15) is 0 Å². The third-order valence-electron chi connectivity index (χ3n) is 1.59. The average molecular weight is 174 g/mol. The van der Waals surface area contributed by atoms with Crippen molar-refractivity contribution in [2.45, 2.75) is 26.2 Å². The first-order chi connectivity index (χ1) is 5.56. The zero-order valence-electron chi connectivity index (χ0n) is 7.37. The Kier molecular flexibility index (Phi) is 5.08. The molecular weight excluding hydrogens is 160 g/mol. The molecule has 0 aliphatic carbocycles. The largest absolute Gasteiger partial charge is 0.481 e. The van der Waals surface area contributed by atoms with E-state index in [-0.39, 0.29) is 18.3 Å². The molecule has 0 bridgehead atoms. The molecule has 0 saturated carbocycles. The van der Waals surface area contributed by atoms with Crippen LogP contribution in [0.1, 0.15) is 26.2 Å². The summed E-state index contributed by atoms with van der Waals surface area (Å²) in [5.74, 6) is -1.03. The Morgan fingerprint density at radius 3 is 2.50 bits per heavy atom. The van der Waals surface area contributed by atoms with Crippen molar-refractivity contribution in [2.24, 2.45) is 5.92 Å². The fourth-order valence-corrected chi connectivity index (χ4v) is 0.840. The number of carboxylic acid groups (broad SMARTS) is 1. The van der Waals surface area contributed by atoms with Crippen LogP contribution in [-0.4, -0.2) is 24.2 Å². The van der Waals surface area contributed by atoms with Crippen LogP contribution in [0.25, 0.3) is 0 Å². The molecule has 1 N–H and O–H groups in total. The zero-order valence-corrected chi connectivity index (χ0v) is 7.37. The Morgan fingerprint density at radius 2 is 2.08 bits per heavy atom. The molecule has 0 aromatic carbocycles. The van der Waals surface area contributed by atoms with Crippen molar-refractivity contribution in [3.05, 3.63) is 0 Å². The fraction of sp³-hybridized carbons (Fsp3) is 0.750. The van der Waals surface area contributed by atoms with Crippen molar-refractivity contribution in [3.63, 3.8) is 0 Å². The number of aliphatic carboxylic acids is 1. The lowest BCUT2D eigenvalue weighted by Gasteiger charge is -2.06. The summed E-state index contributed by atoms with van der Waals surface area (Å²) >= 11 is 0. The van der Waals surface area contributed by atoms with Gasteiger partial charge in [-0.25, -0.2) is 0 Å². The molecular formula is C8H14O4. The van der Waals surface area contributed by atoms with Gasteiger partial charge in [0.1, 0.15) is 0 Å². The van der Waals surface area contributed by atoms with E-state index in [2.05, 4.69) is 4.74 Å². The number of carbonyl (C=O) groups is 2. The number of hydrogen-bond acceptors (Lipinski definition) is 3. The molecule has 0 fully saturated rings. The highest BCUT2D eigenvalue weighted by Crippen LogP contribution is 2.10. The van der Waals surface area contributed by atoms with E-state index in [1.54, 1.807) is 0 Å². The van der Waals surface area contributed by atoms with E-state index in [1.165, 1.54) is 7.11 Å². The van der Waals surface area contributed by atoms with Crippen LogP contribution in [0.3, 0.4) is 0 Å². The maximum atomic E-state index is 10.7. The molecule has 0 amide bonds. The Balaban J connectivity index is 3.52. The lowest BCUT2D eigenvalue weighted by Crippen LogP contribution is -2.08. The van der Waals surface area contributed by atoms with Crippen molar-refractivity contribution < 1.29 is 19.4 Å². The third-order valence-corrected chi connectivity index (χ3v) is 1.59. The molecule has 0 aliphatic rings. The molecule has 4 heteroatoms. The number of rotatable bonds is 5. The molecule has 0 aromatic rings. The summed E-state index contributed by atoms with van der Waals surface area (Å²) in [7, 11) is 1.33. The zero-order chi connectivity index (χ0) is 9.56. The topological polar surface area (TPSA) is 63.6 Å². The highest BCUT2D eigenvalue weighted by Gasteiger charge is 2.10. The maximum absolute atomic E-state index is 10.7. The Morgan fingerprint density at radius 1 is 1.50 bits per heavy atom. The number of ether oxygens (including phenoxy) is 1. The van der Waals surface area contributed by atoms with Crippen molar-refractivity contribution in [1.29, 1.82) is 0 Å². The van der Waals surface area contributed by atoms with Gasteiger partial charge in [0.2, 0.25) is 0 Å². The molecule has 12 heavy (non-hydrogen) atoms. The van der Waals surface area contributed by atoms with Crippen molar-refractivity contribution in [1.82, 2.24) is 0 Å². The molecule has 0 heterocycles. The summed E-state index contributed by atoms with van der Waals surface area (Å²) in [6.07, 6.45) is 0.923. The molecule has 0 aliphatic heterocycles. The van der Waals surface area contributed by atoms with E-state index < -0.39 is 5.97 Å². The van der Waals surface area contributed by atoms with E-state index in [0.29, 0.717) is 12.8 Å². The van der Waals surface area contributed by atoms with Crippen LogP contribution < -0.4 is 0 Å². The van der Waals surface area contributed by atoms with E-state index in [1.807, 2.05) is 6.92 Å². The molecule has 70 valence electrons. The van der Waals surface area contributed by atoms with Gasteiger partial charge < -0.3 is 9.84 Å². The van der Waals surface area contributed by atoms with Gasteiger partial charge in [-0.05, 0) is 12.3 Å². The minimum Gasteiger partial charge on any atom is -0.481 e. The first-order valence-corrected chi connectivity index (χ1v) is 3.85. The van der Waals surface area contributed by atoms with Crippen LogP contribution in [0.5, 0.6) is 0 Å². The number of carboxylic acids is 1. The molecule has 4 nitrogen and oxygen atoms in total. The molecule has 0 unspecified atom stereocenters. The van der Waals surface area contributed by atoms with Gasteiger partial charge in [0, 0.05) is 12.8 Å². The van der Waals surface area contributed by atoms with E-state index in [0.717, 1.165) is 0 Å². The lowest BCUT2D eigenvalue weighted by molar-refractivity contribution is -0.142. The van der Waals surface area contributed by atoms with Gasteiger partial charge in [-0.1, -0.05) is 6.92 Å². The first-order valence-electron chi connectivity index (χ1n) is 3.85. The third kappa shape index (κ3) is 5.70. The smallest absolute Gasteiger partial charge is 0.305 e. The maximum Gasteiger partial charge on any atom is 0.305 e. The second kappa shape index (κ2) is 5.57. The highest BCUT2D eigenvalue weighted by atomic mass is 16.5. The van der Waals surface area contributed by atoms with Gasteiger partial charge in [0.05, 0.1) is 7.11 Å². The second-order valence-electron chi connectivity index (χ2n) is 2.82. The number of esters is 1. The van der Waals surface area contributed by atoms with Crippen molar-refractivity contribution >= 4 is 11.9 Å². The van der Waals surface area contributed by atoms with Crippen molar-refractivity contribution in [3.8, 4) is 0 Å². The normalized spacial score (nSPS) is 12.2. The van der Waals surface area contributed by atoms with E-state index in [9.17, 15) is 9.59 Å². The molecule has 0 spiro atoms. The quantitative estimate of drug-likeness (QED) is 0.633. The number of carbonyl (C=O) groups excluding carboxylic acids is 1. The van der Waals surface area contributed by atoms with Crippen LogP contribution >= 0.6 is 0 Å². The summed E-state index contributed by atoms with van der Waals surface area (Å²) in [4.78, 5) is 20.8. The summed E-state index contributed by atoms with van der Waals surface area (Å²) in [5.41, 5.74) is 0. The summed E-state index contributed by atoms with van der Waals surface area (Å²) in [6.45, 7) is 1.83. The van der Waals surface area contributed by atoms with Crippen LogP contribution in [0.4, 0.5) is 0 Å². The Labute approximate surface area is 71.5 Å². The predicted octanol–water partition coefficient (Wildman–Crippen LogP) is 1.05. The summed E-state index contributed by atoms with van der Waals surface area (Å²) in [5, 5.41) is 8.34. The molecule has 0 rings (SSSR count). The van der Waals surface area contributed by atoms with Gasteiger partial charge in [0.15, 0.2) is 0 Å². The Hall–Kier alpha value is -1.06. The molecule has 1 atom stereocenters. The second-order valence-corrected chi connectivity index (χ2v) is 2.82. The predicted molar refractivity (Wildman–Crippen MR) is 42.7 cm³/mol. The van der Waals surface area contributed by atoms with Crippen LogP contribution in [-0.2, 0) is 14.3 Å². The lowest BCUT2D eigenvalue weighted by atomic mass is 10.0. The summed E-state index contributed by atoms with van der Waals surface area (Å²) in [6, 6.07) is 0. The Bertz CT molecular complexity index is 164. The number of methoxy groups -OCH3 is 1. The standard InChI is InChI=1S/C8H14O4/c1-6(3-4-7(9)10)5-8(11)12-2/h6H,3-5H2,1-2H3,(H,9,10)/t6-/m1/s1. The minimum absolute atomic E-state index is 0.0774. The van der Waals surface area contributed by atoms with Crippen LogP contribution in [0.2, 0.25) is 0 Å². The van der Waals surface area contributed by atoms with Gasteiger partial charge in [0.25, 0.3) is 0 Å². The van der Waals surface area contributed by atoms with Crippen LogP contribution in [0.15, 0.2) is 0 Å². The van der Waals surface area contributed by atoms with E-state index in [4.69, 9.17) is 5.11 Å². The van der Waals surface area contributed by atoms with Gasteiger partial charge in [-0.3, -0.25) is 9.59 Å². The van der Waals surface area contributed by atoms with Crippen LogP contribution in [0, 0.1) is 5.92 Å². The summed E-state index contributed by atoms with van der Waals surface area (Å²) < 4.78 is 4.44. The van der Waals surface area contributed by atoms with E-state index >= 15 is 0 Å². The molecule has 0 saturated heterocycles. The molecule has 0 aromatic heterocycles. The molecule has 0 radical (unpaired) electrons. The van der Waals surface area contributed by atoms with Gasteiger partial charge in [-0.15, -0.1) is 0 Å². The highest BCUT2D eigenvalue weighted by molar-refractivity contribution is 5.69. The monoisotopic (exact) mass is 174 g/mol. The minimum atomic E-state index is -0.827.